The Kier molecular flexibility index (Phi) is 5.84. The minimum atomic E-state index is -0.321. The highest BCUT2D eigenvalue weighted by atomic mass is 16.5. The molecule has 0 spiro atoms. The number of carbonyl (C=O) groups is 2. The fraction of sp³-hybridized carbons (Fsp3) is 0.350. The maximum absolute atomic E-state index is 12.4. The second-order valence-corrected chi connectivity index (χ2v) is 6.19. The maximum atomic E-state index is 12.4. The lowest BCUT2D eigenvalue weighted by Gasteiger charge is -2.17. The van der Waals surface area contributed by atoms with Gasteiger partial charge in [0, 0.05) is 43.5 Å². The van der Waals surface area contributed by atoms with Crippen LogP contribution in [-0.2, 0) is 16.0 Å². The van der Waals surface area contributed by atoms with Crippen LogP contribution in [-0.4, -0.2) is 36.5 Å². The lowest BCUT2D eigenvalue weighted by Crippen LogP contribution is -2.34. The van der Waals surface area contributed by atoms with Gasteiger partial charge in [0.1, 0.15) is 5.75 Å². The molecule has 26 heavy (non-hydrogen) atoms. The van der Waals surface area contributed by atoms with Gasteiger partial charge in [-0.3, -0.25) is 14.6 Å². The van der Waals surface area contributed by atoms with Gasteiger partial charge in [-0.05, 0) is 43.3 Å². The zero-order valence-electron chi connectivity index (χ0n) is 14.9. The molecule has 0 aliphatic carbocycles. The van der Waals surface area contributed by atoms with E-state index in [0.29, 0.717) is 26.1 Å². The molecule has 1 fully saturated rings. The summed E-state index contributed by atoms with van der Waals surface area (Å²) in [6, 6.07) is 13.1. The largest absolute Gasteiger partial charge is 0.494 e. The predicted octanol–water partition coefficient (Wildman–Crippen LogP) is 2.19. The van der Waals surface area contributed by atoms with E-state index in [1.54, 1.807) is 11.1 Å². The van der Waals surface area contributed by atoms with E-state index in [4.69, 9.17) is 4.74 Å². The SMILES string of the molecule is CCOc1ccc(N2C[C@H](C(=O)NCCc3ccccn3)CC2=O)cc1. The summed E-state index contributed by atoms with van der Waals surface area (Å²) < 4.78 is 5.42. The lowest BCUT2D eigenvalue weighted by atomic mass is 10.1. The van der Waals surface area contributed by atoms with Crippen LogP contribution in [0.4, 0.5) is 5.69 Å². The standard InChI is InChI=1S/C20H23N3O3/c1-2-26-18-8-6-17(7-9-18)23-14-15(13-19(23)24)20(25)22-12-10-16-5-3-4-11-21-16/h3-9,11,15H,2,10,12-14H2,1H3,(H,22,25)/t15-/m1/s1. The highest BCUT2D eigenvalue weighted by Gasteiger charge is 2.34. The van der Waals surface area contributed by atoms with Gasteiger partial charge < -0.3 is 15.0 Å². The van der Waals surface area contributed by atoms with Gasteiger partial charge in [0.05, 0.1) is 12.5 Å². The fourth-order valence-corrected chi connectivity index (χ4v) is 3.03. The molecule has 0 bridgehead atoms. The Bertz CT molecular complexity index is 747. The summed E-state index contributed by atoms with van der Waals surface area (Å²) in [4.78, 5) is 30.6. The van der Waals surface area contributed by atoms with Gasteiger partial charge in [0.15, 0.2) is 0 Å². The summed E-state index contributed by atoms with van der Waals surface area (Å²) in [5.41, 5.74) is 1.73. The molecule has 1 saturated heterocycles. The second kappa shape index (κ2) is 8.47. The Hall–Kier alpha value is -2.89. The zero-order chi connectivity index (χ0) is 18.4. The van der Waals surface area contributed by atoms with Crippen LogP contribution in [0.15, 0.2) is 48.7 Å². The quantitative estimate of drug-likeness (QED) is 0.828. The van der Waals surface area contributed by atoms with Crippen molar-refractivity contribution in [1.29, 1.82) is 0 Å². The highest BCUT2D eigenvalue weighted by Crippen LogP contribution is 2.27. The van der Waals surface area contributed by atoms with Crippen LogP contribution in [0.3, 0.4) is 0 Å². The van der Waals surface area contributed by atoms with Crippen molar-refractivity contribution in [2.75, 3.05) is 24.6 Å². The van der Waals surface area contributed by atoms with Gasteiger partial charge in [-0.2, -0.15) is 0 Å². The summed E-state index contributed by atoms with van der Waals surface area (Å²) in [5.74, 6) is 0.339. The van der Waals surface area contributed by atoms with Crippen molar-refractivity contribution in [1.82, 2.24) is 10.3 Å². The van der Waals surface area contributed by atoms with Crippen LogP contribution < -0.4 is 15.0 Å². The van der Waals surface area contributed by atoms with E-state index in [2.05, 4.69) is 10.3 Å². The predicted molar refractivity (Wildman–Crippen MR) is 99.0 cm³/mol. The summed E-state index contributed by atoms with van der Waals surface area (Å²) in [6.45, 7) is 3.45. The Morgan fingerprint density at radius 3 is 2.77 bits per heavy atom. The van der Waals surface area contributed by atoms with Crippen LogP contribution in [0, 0.1) is 5.92 Å². The average molecular weight is 353 g/mol. The number of carbonyl (C=O) groups excluding carboxylic acids is 2. The van der Waals surface area contributed by atoms with E-state index < -0.39 is 0 Å². The Morgan fingerprint density at radius 1 is 1.27 bits per heavy atom. The van der Waals surface area contributed by atoms with Crippen molar-refractivity contribution in [2.45, 2.75) is 19.8 Å². The molecule has 0 saturated carbocycles. The first-order valence-electron chi connectivity index (χ1n) is 8.88. The highest BCUT2D eigenvalue weighted by molar-refractivity contribution is 6.00. The lowest BCUT2D eigenvalue weighted by molar-refractivity contribution is -0.126. The van der Waals surface area contributed by atoms with Gasteiger partial charge in [-0.1, -0.05) is 6.07 Å². The molecule has 2 amide bonds. The number of hydrogen-bond donors (Lipinski definition) is 1. The Balaban J connectivity index is 1.52. The topological polar surface area (TPSA) is 71.5 Å². The molecule has 1 aliphatic rings. The van der Waals surface area contributed by atoms with E-state index >= 15 is 0 Å². The van der Waals surface area contributed by atoms with Crippen molar-refractivity contribution < 1.29 is 14.3 Å². The number of nitrogens with one attached hydrogen (secondary N) is 1. The minimum Gasteiger partial charge on any atom is -0.494 e. The van der Waals surface area contributed by atoms with Crippen LogP contribution in [0.25, 0.3) is 0 Å². The van der Waals surface area contributed by atoms with Crippen LogP contribution >= 0.6 is 0 Å². The molecule has 1 aromatic heterocycles. The molecule has 3 rings (SSSR count). The molecule has 1 N–H and O–H groups in total. The average Bonchev–Trinajstić information content (AvgIpc) is 3.05. The van der Waals surface area contributed by atoms with Gasteiger partial charge in [-0.15, -0.1) is 0 Å². The van der Waals surface area contributed by atoms with E-state index in [9.17, 15) is 9.59 Å². The third-order valence-electron chi connectivity index (χ3n) is 4.36. The maximum Gasteiger partial charge on any atom is 0.227 e. The molecule has 136 valence electrons. The molecule has 0 unspecified atom stereocenters. The van der Waals surface area contributed by atoms with Crippen LogP contribution in [0.2, 0.25) is 0 Å². The van der Waals surface area contributed by atoms with Gasteiger partial charge in [-0.25, -0.2) is 0 Å². The van der Waals surface area contributed by atoms with E-state index in [1.165, 1.54) is 0 Å². The third kappa shape index (κ3) is 4.39. The molecule has 2 aromatic rings. The van der Waals surface area contributed by atoms with E-state index in [0.717, 1.165) is 17.1 Å². The number of anilines is 1. The first-order valence-corrected chi connectivity index (χ1v) is 8.88. The molecule has 2 heterocycles. The van der Waals surface area contributed by atoms with Crippen LogP contribution in [0.1, 0.15) is 19.0 Å². The minimum absolute atomic E-state index is 0.0287. The molecular weight excluding hydrogens is 330 g/mol. The normalized spacial score (nSPS) is 16.6. The number of amides is 2. The molecule has 6 nitrogen and oxygen atoms in total. The van der Waals surface area contributed by atoms with Crippen molar-refractivity contribution in [3.8, 4) is 5.75 Å². The molecule has 6 heteroatoms. The van der Waals surface area contributed by atoms with Crippen molar-refractivity contribution >= 4 is 17.5 Å². The Morgan fingerprint density at radius 2 is 2.08 bits per heavy atom. The number of benzene rings is 1. The smallest absolute Gasteiger partial charge is 0.227 e. The summed E-state index contributed by atoms with van der Waals surface area (Å²) in [7, 11) is 0. The van der Waals surface area contributed by atoms with Crippen molar-refractivity contribution in [3.05, 3.63) is 54.4 Å². The zero-order valence-corrected chi connectivity index (χ0v) is 14.9. The van der Waals surface area contributed by atoms with Gasteiger partial charge >= 0.3 is 0 Å². The fourth-order valence-electron chi connectivity index (χ4n) is 3.03. The summed E-state index contributed by atoms with van der Waals surface area (Å²) in [5, 5.41) is 2.91. The third-order valence-corrected chi connectivity index (χ3v) is 4.36. The number of pyridine rings is 1. The number of ether oxygens (including phenoxy) is 1. The monoisotopic (exact) mass is 353 g/mol. The first kappa shape index (κ1) is 17.9. The van der Waals surface area contributed by atoms with Gasteiger partial charge in [0.25, 0.3) is 0 Å². The number of rotatable bonds is 7. The number of aromatic nitrogens is 1. The molecule has 1 atom stereocenters. The first-order chi connectivity index (χ1) is 12.7. The summed E-state index contributed by atoms with van der Waals surface area (Å²) >= 11 is 0. The molecular formula is C20H23N3O3. The molecule has 1 aromatic carbocycles. The second-order valence-electron chi connectivity index (χ2n) is 6.19. The molecule has 0 radical (unpaired) electrons. The number of nitrogens with zero attached hydrogens (tertiary/aromatic N) is 2. The number of hydrogen-bond acceptors (Lipinski definition) is 4. The Labute approximate surface area is 153 Å². The van der Waals surface area contributed by atoms with Crippen LogP contribution in [0.5, 0.6) is 5.75 Å². The van der Waals surface area contributed by atoms with Gasteiger partial charge in [0.2, 0.25) is 11.8 Å². The van der Waals surface area contributed by atoms with E-state index in [1.807, 2.05) is 49.4 Å². The van der Waals surface area contributed by atoms with E-state index in [-0.39, 0.29) is 24.2 Å². The van der Waals surface area contributed by atoms with Crippen molar-refractivity contribution in [3.63, 3.8) is 0 Å². The molecule has 1 aliphatic heterocycles. The van der Waals surface area contributed by atoms with Crippen molar-refractivity contribution in [2.24, 2.45) is 5.92 Å². The summed E-state index contributed by atoms with van der Waals surface area (Å²) in [6.07, 6.45) is 2.65.